The van der Waals surface area contributed by atoms with E-state index in [9.17, 15) is 5.11 Å². The predicted molar refractivity (Wildman–Crippen MR) is 65.6 cm³/mol. The lowest BCUT2D eigenvalue weighted by molar-refractivity contribution is 0.00929. The summed E-state index contributed by atoms with van der Waals surface area (Å²) in [6.07, 6.45) is 8.17. The minimum Gasteiger partial charge on any atom is -0.383 e. The third-order valence-electron chi connectivity index (χ3n) is 4.28. The van der Waals surface area contributed by atoms with Crippen molar-refractivity contribution >= 4 is 0 Å². The Morgan fingerprint density at radius 3 is 3.24 bits per heavy atom. The molecule has 2 aliphatic rings. The Hall–Kier alpha value is -0.870. The number of aryl methyl sites for hydroxylation is 1. The molecule has 0 spiro atoms. The van der Waals surface area contributed by atoms with Gasteiger partial charge >= 0.3 is 0 Å². The Bertz CT molecular complexity index is 403. The molecule has 3 rings (SSSR count). The fourth-order valence-corrected chi connectivity index (χ4v) is 3.39. The third kappa shape index (κ3) is 1.70. The monoisotopic (exact) mass is 235 g/mol. The number of rotatable bonds is 3. The van der Waals surface area contributed by atoms with E-state index in [4.69, 9.17) is 0 Å². The maximum absolute atomic E-state index is 10.9. The van der Waals surface area contributed by atoms with Gasteiger partial charge in [-0.05, 0) is 32.2 Å². The highest BCUT2D eigenvalue weighted by Gasteiger charge is 2.49. The Kier molecular flexibility index (Phi) is 2.71. The second kappa shape index (κ2) is 4.10. The summed E-state index contributed by atoms with van der Waals surface area (Å²) in [5.74, 6) is 0. The summed E-state index contributed by atoms with van der Waals surface area (Å²) in [6.45, 7) is 5.25. The van der Waals surface area contributed by atoms with Gasteiger partial charge in [0.25, 0.3) is 0 Å². The van der Waals surface area contributed by atoms with Crippen molar-refractivity contribution in [1.82, 2.24) is 14.7 Å². The normalized spacial score (nSPS) is 33.2. The first-order chi connectivity index (χ1) is 8.24. The summed E-state index contributed by atoms with van der Waals surface area (Å²) in [4.78, 5) is 2.43. The molecule has 3 heterocycles. The van der Waals surface area contributed by atoms with Gasteiger partial charge in [-0.25, -0.2) is 0 Å². The van der Waals surface area contributed by atoms with Crippen molar-refractivity contribution in [1.29, 1.82) is 0 Å². The van der Waals surface area contributed by atoms with Crippen LogP contribution in [0.1, 0.15) is 38.2 Å². The van der Waals surface area contributed by atoms with E-state index in [2.05, 4.69) is 16.9 Å². The molecule has 2 fully saturated rings. The summed E-state index contributed by atoms with van der Waals surface area (Å²) < 4.78 is 1.95. The zero-order valence-electron chi connectivity index (χ0n) is 10.5. The Balaban J connectivity index is 1.86. The highest BCUT2D eigenvalue weighted by Crippen LogP contribution is 2.42. The first-order valence-electron chi connectivity index (χ1n) is 6.73. The largest absolute Gasteiger partial charge is 0.383 e. The molecule has 0 aromatic carbocycles. The molecule has 4 nitrogen and oxygen atoms in total. The van der Waals surface area contributed by atoms with Crippen LogP contribution in [-0.4, -0.2) is 38.9 Å². The van der Waals surface area contributed by atoms with E-state index in [0.29, 0.717) is 6.04 Å². The van der Waals surface area contributed by atoms with Crippen LogP contribution in [0.15, 0.2) is 12.4 Å². The fraction of sp³-hybridized carbons (Fsp3) is 0.769. The van der Waals surface area contributed by atoms with Gasteiger partial charge in [0.2, 0.25) is 0 Å². The van der Waals surface area contributed by atoms with E-state index < -0.39 is 5.60 Å². The zero-order valence-corrected chi connectivity index (χ0v) is 10.5. The standard InChI is InChI=1S/C13H21N3O/c1-2-6-16-10-11(9-14-16)13(17)5-8-15-7-3-4-12(13)15/h9-10,12,17H,2-8H2,1H3. The average Bonchev–Trinajstić information content (AvgIpc) is 2.98. The number of aromatic nitrogens is 2. The third-order valence-corrected chi connectivity index (χ3v) is 4.28. The Morgan fingerprint density at radius 1 is 1.53 bits per heavy atom. The van der Waals surface area contributed by atoms with Crippen LogP contribution in [0.4, 0.5) is 0 Å². The SMILES string of the molecule is CCCn1cc(C2(O)CCN3CCCC32)cn1. The van der Waals surface area contributed by atoms with E-state index in [1.165, 1.54) is 6.42 Å². The van der Waals surface area contributed by atoms with Crippen LogP contribution in [0.25, 0.3) is 0 Å². The quantitative estimate of drug-likeness (QED) is 0.860. The molecule has 0 saturated carbocycles. The van der Waals surface area contributed by atoms with Crippen molar-refractivity contribution < 1.29 is 5.11 Å². The predicted octanol–water partition coefficient (Wildman–Crippen LogP) is 1.35. The molecule has 1 aromatic rings. The van der Waals surface area contributed by atoms with E-state index in [1.807, 2.05) is 17.1 Å². The van der Waals surface area contributed by atoms with Gasteiger partial charge in [-0.15, -0.1) is 0 Å². The van der Waals surface area contributed by atoms with E-state index in [1.54, 1.807) is 0 Å². The van der Waals surface area contributed by atoms with Crippen LogP contribution in [-0.2, 0) is 12.1 Å². The molecule has 2 unspecified atom stereocenters. The van der Waals surface area contributed by atoms with E-state index in [0.717, 1.165) is 44.5 Å². The molecule has 1 N–H and O–H groups in total. The smallest absolute Gasteiger partial charge is 0.109 e. The molecule has 0 bridgehead atoms. The summed E-state index contributed by atoms with van der Waals surface area (Å²) in [6, 6.07) is 0.321. The minimum atomic E-state index is -0.650. The molecule has 0 aliphatic carbocycles. The number of hydrogen-bond donors (Lipinski definition) is 1. The lowest BCUT2D eigenvalue weighted by Gasteiger charge is -2.28. The topological polar surface area (TPSA) is 41.3 Å². The van der Waals surface area contributed by atoms with Crippen molar-refractivity contribution in [3.8, 4) is 0 Å². The van der Waals surface area contributed by atoms with Gasteiger partial charge < -0.3 is 5.11 Å². The van der Waals surface area contributed by atoms with Crippen LogP contribution in [0, 0.1) is 0 Å². The highest BCUT2D eigenvalue weighted by molar-refractivity contribution is 5.22. The highest BCUT2D eigenvalue weighted by atomic mass is 16.3. The molecular formula is C13H21N3O. The number of nitrogens with zero attached hydrogens (tertiary/aromatic N) is 3. The molecule has 17 heavy (non-hydrogen) atoms. The lowest BCUT2D eigenvalue weighted by Crippen LogP contribution is -2.38. The van der Waals surface area contributed by atoms with Crippen LogP contribution in [0.3, 0.4) is 0 Å². The first kappa shape index (κ1) is 11.2. The molecular weight excluding hydrogens is 214 g/mol. The number of aliphatic hydroxyl groups is 1. The summed E-state index contributed by atoms with van der Waals surface area (Å²) in [7, 11) is 0. The molecule has 0 radical (unpaired) electrons. The summed E-state index contributed by atoms with van der Waals surface area (Å²) in [5, 5.41) is 15.3. The molecule has 4 heteroatoms. The Labute approximate surface area is 102 Å². The van der Waals surface area contributed by atoms with E-state index >= 15 is 0 Å². The minimum absolute atomic E-state index is 0.321. The second-order valence-electron chi connectivity index (χ2n) is 5.36. The van der Waals surface area contributed by atoms with Crippen molar-refractivity contribution in [3.63, 3.8) is 0 Å². The van der Waals surface area contributed by atoms with Gasteiger partial charge in [0.15, 0.2) is 0 Å². The zero-order chi connectivity index (χ0) is 11.9. The fourth-order valence-electron chi connectivity index (χ4n) is 3.39. The number of fused-ring (bicyclic) bond motifs is 1. The molecule has 2 atom stereocenters. The van der Waals surface area contributed by atoms with Crippen LogP contribution < -0.4 is 0 Å². The van der Waals surface area contributed by atoms with Gasteiger partial charge in [0, 0.05) is 30.9 Å². The summed E-state index contributed by atoms with van der Waals surface area (Å²) in [5.41, 5.74) is 0.364. The molecule has 94 valence electrons. The van der Waals surface area contributed by atoms with E-state index in [-0.39, 0.29) is 0 Å². The number of hydrogen-bond acceptors (Lipinski definition) is 3. The maximum atomic E-state index is 10.9. The molecule has 2 aliphatic heterocycles. The van der Waals surface area contributed by atoms with Crippen molar-refractivity contribution in [2.75, 3.05) is 13.1 Å². The summed E-state index contributed by atoms with van der Waals surface area (Å²) >= 11 is 0. The van der Waals surface area contributed by atoms with Crippen LogP contribution in [0.2, 0.25) is 0 Å². The van der Waals surface area contributed by atoms with Crippen molar-refractivity contribution in [3.05, 3.63) is 18.0 Å². The van der Waals surface area contributed by atoms with Crippen LogP contribution in [0.5, 0.6) is 0 Å². The first-order valence-corrected chi connectivity index (χ1v) is 6.73. The molecule has 1 aromatic heterocycles. The van der Waals surface area contributed by atoms with Gasteiger partial charge in [-0.3, -0.25) is 9.58 Å². The van der Waals surface area contributed by atoms with Gasteiger partial charge in [-0.2, -0.15) is 5.10 Å². The van der Waals surface area contributed by atoms with Gasteiger partial charge in [0.05, 0.1) is 6.20 Å². The van der Waals surface area contributed by atoms with Gasteiger partial charge in [0.1, 0.15) is 5.60 Å². The lowest BCUT2D eigenvalue weighted by atomic mass is 9.87. The molecule has 2 saturated heterocycles. The average molecular weight is 235 g/mol. The van der Waals surface area contributed by atoms with Crippen LogP contribution >= 0.6 is 0 Å². The molecule has 0 amide bonds. The van der Waals surface area contributed by atoms with Gasteiger partial charge in [-0.1, -0.05) is 6.92 Å². The second-order valence-corrected chi connectivity index (χ2v) is 5.36. The maximum Gasteiger partial charge on any atom is 0.109 e. The van der Waals surface area contributed by atoms with Crippen molar-refractivity contribution in [2.45, 2.75) is 50.8 Å². The van der Waals surface area contributed by atoms with Crippen molar-refractivity contribution in [2.24, 2.45) is 0 Å². The Morgan fingerprint density at radius 2 is 2.41 bits per heavy atom.